The average Bonchev–Trinajstić information content (AvgIpc) is 2.65. The Morgan fingerprint density at radius 3 is 2.17 bits per heavy atom. The zero-order valence-electron chi connectivity index (χ0n) is 11.7. The molecule has 18 heavy (non-hydrogen) atoms. The molecule has 0 aromatic carbocycles. The van der Waals surface area contributed by atoms with Crippen molar-refractivity contribution in [3.05, 3.63) is 46.5 Å². The van der Waals surface area contributed by atoms with Crippen LogP contribution in [0.1, 0.15) is 26.8 Å². The van der Waals surface area contributed by atoms with Crippen molar-refractivity contribution in [2.75, 3.05) is 12.5 Å². The molecular weight excluding hydrogens is 256 g/mol. The molecule has 0 radical (unpaired) electrons. The molecule has 0 fully saturated rings. The van der Waals surface area contributed by atoms with Crippen LogP contribution in [0.25, 0.3) is 11.1 Å². The summed E-state index contributed by atoms with van der Waals surface area (Å²) in [6.45, 7) is 6.63. The Morgan fingerprint density at radius 2 is 1.56 bits per heavy atom. The van der Waals surface area contributed by atoms with Crippen molar-refractivity contribution in [2.24, 2.45) is 0 Å². The Labute approximate surface area is 119 Å². The van der Waals surface area contributed by atoms with Gasteiger partial charge in [-0.05, 0) is 61.1 Å². The fourth-order valence-electron chi connectivity index (χ4n) is 2.67. The molecule has 0 atom stereocenters. The van der Waals surface area contributed by atoms with Gasteiger partial charge in [0.15, 0.2) is 0 Å². The standard InChI is InChI=1S/C16H20S2/c1-10-8-12(3)15-11(2)6-7-13(15)14(9-10)16(17-4)18-5/h6-9,16H,1-5H3. The van der Waals surface area contributed by atoms with Gasteiger partial charge in [-0.3, -0.25) is 0 Å². The van der Waals surface area contributed by atoms with Crippen LogP contribution in [0.5, 0.6) is 0 Å². The summed E-state index contributed by atoms with van der Waals surface area (Å²) in [5.74, 6) is 0. The topological polar surface area (TPSA) is 0 Å². The Bertz CT molecular complexity index is 527. The van der Waals surface area contributed by atoms with Gasteiger partial charge in [-0.25, -0.2) is 0 Å². The molecule has 2 heteroatoms. The molecule has 0 bridgehead atoms. The van der Waals surface area contributed by atoms with Crippen LogP contribution in [-0.4, -0.2) is 12.5 Å². The summed E-state index contributed by atoms with van der Waals surface area (Å²) >= 11 is 3.84. The number of aryl methyl sites for hydroxylation is 3. The van der Waals surface area contributed by atoms with Crippen LogP contribution in [0.3, 0.4) is 0 Å². The van der Waals surface area contributed by atoms with Crippen molar-refractivity contribution in [3.8, 4) is 11.1 Å². The maximum atomic E-state index is 2.35. The predicted molar refractivity (Wildman–Crippen MR) is 87.0 cm³/mol. The van der Waals surface area contributed by atoms with Gasteiger partial charge >= 0.3 is 0 Å². The van der Waals surface area contributed by atoms with Crippen LogP contribution in [0.4, 0.5) is 0 Å². The lowest BCUT2D eigenvalue weighted by Crippen LogP contribution is -1.90. The minimum Gasteiger partial charge on any atom is -0.146 e. The number of rotatable bonds is 3. The molecule has 2 aliphatic rings. The smallest absolute Gasteiger partial charge is 0.0751 e. The van der Waals surface area contributed by atoms with Gasteiger partial charge in [0.2, 0.25) is 0 Å². The molecule has 2 aliphatic carbocycles. The summed E-state index contributed by atoms with van der Waals surface area (Å²) < 4.78 is 0.514. The molecule has 0 saturated carbocycles. The van der Waals surface area contributed by atoms with E-state index in [4.69, 9.17) is 0 Å². The molecule has 2 rings (SSSR count). The third-order valence-electron chi connectivity index (χ3n) is 3.38. The van der Waals surface area contributed by atoms with Crippen molar-refractivity contribution < 1.29 is 0 Å². The van der Waals surface area contributed by atoms with E-state index in [0.29, 0.717) is 4.58 Å². The predicted octanol–water partition coefficient (Wildman–Crippen LogP) is 5.44. The lowest BCUT2D eigenvalue weighted by Gasteiger charge is -2.14. The second kappa shape index (κ2) is 5.58. The normalized spacial score (nSPS) is 11.4. The molecule has 0 amide bonds. The Balaban J connectivity index is 2.73. The molecule has 0 unspecified atom stereocenters. The van der Waals surface area contributed by atoms with E-state index in [-0.39, 0.29) is 0 Å². The highest BCUT2D eigenvalue weighted by molar-refractivity contribution is 8.15. The third-order valence-corrected chi connectivity index (χ3v) is 5.90. The molecule has 0 spiro atoms. The van der Waals surface area contributed by atoms with E-state index in [1.54, 1.807) is 0 Å². The van der Waals surface area contributed by atoms with E-state index in [1.165, 1.54) is 33.4 Å². The third kappa shape index (κ3) is 2.41. The van der Waals surface area contributed by atoms with E-state index >= 15 is 0 Å². The average molecular weight is 276 g/mol. The van der Waals surface area contributed by atoms with Crippen LogP contribution in [0.2, 0.25) is 0 Å². The zero-order chi connectivity index (χ0) is 13.3. The van der Waals surface area contributed by atoms with Crippen molar-refractivity contribution in [2.45, 2.75) is 25.4 Å². The van der Waals surface area contributed by atoms with Crippen LogP contribution in [0.15, 0.2) is 24.3 Å². The number of hydrogen-bond acceptors (Lipinski definition) is 2. The van der Waals surface area contributed by atoms with Gasteiger partial charge in [0.1, 0.15) is 0 Å². The van der Waals surface area contributed by atoms with Crippen LogP contribution < -0.4 is 0 Å². The van der Waals surface area contributed by atoms with E-state index in [9.17, 15) is 0 Å². The van der Waals surface area contributed by atoms with Gasteiger partial charge in [-0.2, -0.15) is 0 Å². The van der Waals surface area contributed by atoms with Crippen molar-refractivity contribution >= 4 is 23.5 Å². The largest absolute Gasteiger partial charge is 0.146 e. The minimum atomic E-state index is 0.514. The Morgan fingerprint density at radius 1 is 0.889 bits per heavy atom. The van der Waals surface area contributed by atoms with E-state index in [2.05, 4.69) is 57.5 Å². The van der Waals surface area contributed by atoms with Crippen LogP contribution >= 0.6 is 23.5 Å². The summed E-state index contributed by atoms with van der Waals surface area (Å²) in [5.41, 5.74) is 8.45. The van der Waals surface area contributed by atoms with Crippen molar-refractivity contribution in [3.63, 3.8) is 0 Å². The SMILES string of the molecule is CSC(SC)c1cc(C)cc(C)c2c(C)ccc1-2. The molecular formula is C16H20S2. The van der Waals surface area contributed by atoms with Gasteiger partial charge in [0.05, 0.1) is 4.58 Å². The van der Waals surface area contributed by atoms with Crippen LogP contribution in [-0.2, 0) is 0 Å². The van der Waals surface area contributed by atoms with E-state index in [0.717, 1.165) is 0 Å². The molecule has 0 aliphatic heterocycles. The summed E-state index contributed by atoms with van der Waals surface area (Å²) in [5, 5.41) is 0. The highest BCUT2D eigenvalue weighted by Gasteiger charge is 2.18. The van der Waals surface area contributed by atoms with Gasteiger partial charge in [0, 0.05) is 0 Å². The summed E-state index contributed by atoms with van der Waals surface area (Å²) in [6.07, 6.45) is 4.38. The lowest BCUT2D eigenvalue weighted by atomic mass is 10.0. The first-order chi connectivity index (χ1) is 8.58. The highest BCUT2D eigenvalue weighted by Crippen LogP contribution is 2.44. The number of fused-ring (bicyclic) bond motifs is 1. The first kappa shape index (κ1) is 13.8. The van der Waals surface area contributed by atoms with Gasteiger partial charge < -0.3 is 0 Å². The van der Waals surface area contributed by atoms with Gasteiger partial charge in [0.25, 0.3) is 0 Å². The summed E-state index contributed by atoms with van der Waals surface area (Å²) in [7, 11) is 0. The van der Waals surface area contributed by atoms with E-state index in [1.807, 2.05) is 23.5 Å². The van der Waals surface area contributed by atoms with Gasteiger partial charge in [-0.1, -0.05) is 29.8 Å². The fourth-order valence-corrected chi connectivity index (χ4v) is 4.34. The second-order valence-corrected chi connectivity index (χ2v) is 6.96. The fraction of sp³-hybridized carbons (Fsp3) is 0.375. The molecule has 0 aromatic rings. The first-order valence-corrected chi connectivity index (χ1v) is 8.72. The van der Waals surface area contributed by atoms with Crippen molar-refractivity contribution in [1.29, 1.82) is 0 Å². The monoisotopic (exact) mass is 276 g/mol. The Hall–Kier alpha value is -0.600. The minimum absolute atomic E-state index is 0.514. The molecule has 0 aromatic heterocycles. The number of thioether (sulfide) groups is 2. The molecule has 0 nitrogen and oxygen atoms in total. The van der Waals surface area contributed by atoms with Crippen LogP contribution in [0, 0.1) is 20.8 Å². The molecule has 0 N–H and O–H groups in total. The van der Waals surface area contributed by atoms with Gasteiger partial charge in [-0.15, -0.1) is 23.5 Å². The summed E-state index contributed by atoms with van der Waals surface area (Å²) in [6, 6.07) is 9.18. The quantitative estimate of drug-likeness (QED) is 0.684. The highest BCUT2D eigenvalue weighted by atomic mass is 32.2. The number of hydrogen-bond donors (Lipinski definition) is 0. The zero-order valence-corrected chi connectivity index (χ0v) is 13.3. The molecule has 0 saturated heterocycles. The summed E-state index contributed by atoms with van der Waals surface area (Å²) in [4.78, 5) is 0. The molecule has 96 valence electrons. The Kier molecular flexibility index (Phi) is 4.29. The maximum absolute atomic E-state index is 2.35. The maximum Gasteiger partial charge on any atom is 0.0751 e. The van der Waals surface area contributed by atoms with Crippen molar-refractivity contribution in [1.82, 2.24) is 0 Å². The first-order valence-electron chi connectivity index (χ1n) is 6.14. The second-order valence-electron chi connectivity index (χ2n) is 4.78. The lowest BCUT2D eigenvalue weighted by molar-refractivity contribution is 1.38. The molecule has 0 heterocycles. The van der Waals surface area contributed by atoms with E-state index < -0.39 is 0 Å².